The Balaban J connectivity index is 1.60. The standard InChI is InChI=1S/C27H32N4O3/c1-17(2)28-13-8-14-30-25(32)27(3)16-21-20-15-19(34-4)11-12-22(20)29-23(21)24(31(27)26(30)33)18-9-6-5-7-10-18/h5-7,9-12,15,17,24,28-29H,8,13-14,16H2,1-4H3/t24?,27-/m0/s1. The van der Waals surface area contributed by atoms with Gasteiger partial charge in [0.05, 0.1) is 7.11 Å². The third-order valence-corrected chi connectivity index (χ3v) is 7.10. The largest absolute Gasteiger partial charge is 0.497 e. The molecular weight excluding hydrogens is 428 g/mol. The van der Waals surface area contributed by atoms with Crippen LogP contribution in [0.5, 0.6) is 5.75 Å². The predicted octanol–water partition coefficient (Wildman–Crippen LogP) is 4.23. The molecule has 34 heavy (non-hydrogen) atoms. The van der Waals surface area contributed by atoms with Crippen molar-refractivity contribution in [3.63, 3.8) is 0 Å². The number of carbonyl (C=O) groups excluding carboxylic acids is 2. The van der Waals surface area contributed by atoms with Gasteiger partial charge >= 0.3 is 6.03 Å². The average Bonchev–Trinajstić information content (AvgIpc) is 3.27. The molecule has 7 heteroatoms. The molecular formula is C27H32N4O3. The fourth-order valence-electron chi connectivity index (χ4n) is 5.43. The molecule has 3 aromatic rings. The van der Waals surface area contributed by atoms with Gasteiger partial charge in [0.1, 0.15) is 17.3 Å². The Morgan fingerprint density at radius 2 is 1.94 bits per heavy atom. The van der Waals surface area contributed by atoms with Gasteiger partial charge in [-0.05, 0) is 49.2 Å². The first-order chi connectivity index (χ1) is 16.3. The zero-order valence-corrected chi connectivity index (χ0v) is 20.2. The number of rotatable bonds is 7. The first-order valence-electron chi connectivity index (χ1n) is 12.0. The summed E-state index contributed by atoms with van der Waals surface area (Å²) in [7, 11) is 1.65. The summed E-state index contributed by atoms with van der Waals surface area (Å²) in [6, 6.07) is 15.7. The molecule has 2 N–H and O–H groups in total. The lowest BCUT2D eigenvalue weighted by Crippen LogP contribution is -2.53. The number of ether oxygens (including phenoxy) is 1. The highest BCUT2D eigenvalue weighted by Crippen LogP contribution is 2.48. The number of hydrogen-bond acceptors (Lipinski definition) is 4. The van der Waals surface area contributed by atoms with Crippen molar-refractivity contribution in [2.75, 3.05) is 20.2 Å². The molecule has 7 nitrogen and oxygen atoms in total. The molecule has 1 fully saturated rings. The van der Waals surface area contributed by atoms with Crippen molar-refractivity contribution in [3.05, 3.63) is 65.4 Å². The van der Waals surface area contributed by atoms with Gasteiger partial charge in [-0.3, -0.25) is 14.6 Å². The zero-order chi connectivity index (χ0) is 24.0. The number of aromatic amines is 1. The Bertz CT molecular complexity index is 1240. The average molecular weight is 461 g/mol. The number of methoxy groups -OCH3 is 1. The van der Waals surface area contributed by atoms with Gasteiger partial charge in [-0.2, -0.15) is 0 Å². The summed E-state index contributed by atoms with van der Waals surface area (Å²) in [6.45, 7) is 7.26. The van der Waals surface area contributed by atoms with Crippen molar-refractivity contribution in [2.45, 2.75) is 51.2 Å². The van der Waals surface area contributed by atoms with Gasteiger partial charge in [-0.15, -0.1) is 0 Å². The van der Waals surface area contributed by atoms with Gasteiger partial charge in [-0.25, -0.2) is 4.79 Å². The minimum absolute atomic E-state index is 0.120. The van der Waals surface area contributed by atoms with Gasteiger partial charge < -0.3 is 15.0 Å². The fourth-order valence-corrected chi connectivity index (χ4v) is 5.43. The van der Waals surface area contributed by atoms with Gasteiger partial charge in [0, 0.05) is 35.6 Å². The molecule has 1 aromatic heterocycles. The summed E-state index contributed by atoms with van der Waals surface area (Å²) in [4.78, 5) is 34.4. The summed E-state index contributed by atoms with van der Waals surface area (Å²) < 4.78 is 5.47. The second-order valence-corrected chi connectivity index (χ2v) is 9.76. The van der Waals surface area contributed by atoms with E-state index in [1.165, 1.54) is 4.90 Å². The number of imide groups is 1. The minimum atomic E-state index is -0.950. The Morgan fingerprint density at radius 3 is 2.65 bits per heavy atom. The highest BCUT2D eigenvalue weighted by molar-refractivity contribution is 6.08. The molecule has 2 atom stereocenters. The molecule has 0 radical (unpaired) electrons. The Morgan fingerprint density at radius 1 is 1.18 bits per heavy atom. The van der Waals surface area contributed by atoms with Crippen LogP contribution >= 0.6 is 0 Å². The van der Waals surface area contributed by atoms with Gasteiger partial charge in [0.15, 0.2) is 0 Å². The Hall–Kier alpha value is -3.32. The van der Waals surface area contributed by atoms with E-state index < -0.39 is 5.54 Å². The zero-order valence-electron chi connectivity index (χ0n) is 20.2. The fraction of sp³-hybridized carbons (Fsp3) is 0.407. The van der Waals surface area contributed by atoms with E-state index in [9.17, 15) is 9.59 Å². The van der Waals surface area contributed by atoms with Crippen LogP contribution < -0.4 is 10.1 Å². The van der Waals surface area contributed by atoms with Gasteiger partial charge in [0.25, 0.3) is 5.91 Å². The van der Waals surface area contributed by atoms with Crippen molar-refractivity contribution in [1.82, 2.24) is 20.1 Å². The highest BCUT2D eigenvalue weighted by Gasteiger charge is 2.59. The number of carbonyl (C=O) groups is 2. The van der Waals surface area contributed by atoms with Crippen LogP contribution in [0.15, 0.2) is 48.5 Å². The highest BCUT2D eigenvalue weighted by atomic mass is 16.5. The molecule has 0 aliphatic carbocycles. The number of nitrogens with zero attached hydrogens (tertiary/aromatic N) is 2. The van der Waals surface area contributed by atoms with Crippen LogP contribution in [0.1, 0.15) is 50.1 Å². The first-order valence-corrected chi connectivity index (χ1v) is 12.0. The summed E-state index contributed by atoms with van der Waals surface area (Å²) in [5.74, 6) is 0.650. The molecule has 3 heterocycles. The Labute approximate surface area is 200 Å². The van der Waals surface area contributed by atoms with Crippen molar-refractivity contribution in [2.24, 2.45) is 0 Å². The first kappa shape index (κ1) is 22.5. The van der Waals surface area contributed by atoms with Crippen molar-refractivity contribution in [1.29, 1.82) is 0 Å². The number of benzene rings is 2. The van der Waals surface area contributed by atoms with E-state index in [1.807, 2.05) is 55.5 Å². The number of H-pyrrole nitrogens is 1. The summed E-state index contributed by atoms with van der Waals surface area (Å²) in [5, 5.41) is 4.41. The second-order valence-electron chi connectivity index (χ2n) is 9.76. The molecule has 0 saturated carbocycles. The maximum Gasteiger partial charge on any atom is 0.328 e. The van der Waals surface area contributed by atoms with Crippen molar-refractivity contribution in [3.8, 4) is 5.75 Å². The molecule has 2 aromatic carbocycles. The van der Waals surface area contributed by atoms with Crippen LogP contribution in [-0.4, -0.2) is 58.5 Å². The van der Waals surface area contributed by atoms with E-state index in [0.717, 1.165) is 46.4 Å². The van der Waals surface area contributed by atoms with Crippen molar-refractivity contribution >= 4 is 22.8 Å². The number of fused-ring (bicyclic) bond motifs is 4. The lowest BCUT2D eigenvalue weighted by molar-refractivity contribution is -0.133. The summed E-state index contributed by atoms with van der Waals surface area (Å²) >= 11 is 0. The van der Waals surface area contributed by atoms with Gasteiger partial charge in [-0.1, -0.05) is 44.2 Å². The quantitative estimate of drug-likeness (QED) is 0.409. The lowest BCUT2D eigenvalue weighted by atomic mass is 9.81. The number of hydrogen-bond donors (Lipinski definition) is 2. The van der Waals surface area contributed by atoms with Crippen LogP contribution in [0.2, 0.25) is 0 Å². The van der Waals surface area contributed by atoms with E-state index in [2.05, 4.69) is 24.1 Å². The second kappa shape index (κ2) is 8.47. The molecule has 0 spiro atoms. The van der Waals surface area contributed by atoms with E-state index >= 15 is 0 Å². The molecule has 3 amide bonds. The monoisotopic (exact) mass is 460 g/mol. The van der Waals surface area contributed by atoms with Gasteiger partial charge in [0.2, 0.25) is 0 Å². The van der Waals surface area contributed by atoms with Crippen LogP contribution in [0.3, 0.4) is 0 Å². The number of amides is 3. The topological polar surface area (TPSA) is 77.7 Å². The molecule has 0 bridgehead atoms. The number of nitrogens with one attached hydrogen (secondary N) is 2. The molecule has 1 saturated heterocycles. The maximum absolute atomic E-state index is 13.8. The smallest absolute Gasteiger partial charge is 0.328 e. The SMILES string of the molecule is COc1ccc2[nH]c3c(c2c1)C[C@@]1(C)C(=O)N(CCCNC(C)C)C(=O)N1C3c1ccccc1. The van der Waals surface area contributed by atoms with E-state index in [-0.39, 0.29) is 18.0 Å². The van der Waals surface area contributed by atoms with Crippen molar-refractivity contribution < 1.29 is 14.3 Å². The predicted molar refractivity (Wildman–Crippen MR) is 132 cm³/mol. The Kier molecular flexibility index (Phi) is 5.60. The third-order valence-electron chi connectivity index (χ3n) is 7.10. The number of aromatic nitrogens is 1. The lowest BCUT2D eigenvalue weighted by Gasteiger charge is -2.42. The van der Waals surface area contributed by atoms with Crippen LogP contribution in [0.4, 0.5) is 4.79 Å². The van der Waals surface area contributed by atoms with E-state index in [1.54, 1.807) is 12.0 Å². The minimum Gasteiger partial charge on any atom is -0.497 e. The molecule has 2 aliphatic rings. The molecule has 2 aliphatic heterocycles. The normalized spacial score (nSPS) is 22.0. The van der Waals surface area contributed by atoms with E-state index in [4.69, 9.17) is 4.74 Å². The summed E-state index contributed by atoms with van der Waals surface area (Å²) in [5.41, 5.74) is 3.06. The third kappa shape index (κ3) is 3.46. The van der Waals surface area contributed by atoms with Crippen LogP contribution in [-0.2, 0) is 11.2 Å². The number of urea groups is 1. The molecule has 178 valence electrons. The maximum atomic E-state index is 13.8. The molecule has 5 rings (SSSR count). The van der Waals surface area contributed by atoms with E-state index in [0.29, 0.717) is 19.0 Å². The van der Waals surface area contributed by atoms with Crippen LogP contribution in [0.25, 0.3) is 10.9 Å². The summed E-state index contributed by atoms with van der Waals surface area (Å²) in [6.07, 6.45) is 1.19. The van der Waals surface area contributed by atoms with Crippen LogP contribution in [0, 0.1) is 0 Å². The molecule has 1 unspecified atom stereocenters.